The Labute approximate surface area is 169 Å². The SMILES string of the molecule is COc1cccc(-c2nc3cc(-c4cccc(CN(C)C)c4)ccc3c(=O)[nH]2)c1. The maximum absolute atomic E-state index is 12.6. The molecule has 0 radical (unpaired) electrons. The predicted octanol–water partition coefficient (Wildman–Crippen LogP) is 4.33. The lowest BCUT2D eigenvalue weighted by molar-refractivity contribution is 0.402. The Morgan fingerprint density at radius 2 is 1.69 bits per heavy atom. The molecule has 4 aromatic rings. The number of methoxy groups -OCH3 is 1. The van der Waals surface area contributed by atoms with E-state index in [4.69, 9.17) is 9.72 Å². The minimum Gasteiger partial charge on any atom is -0.497 e. The van der Waals surface area contributed by atoms with Crippen molar-refractivity contribution >= 4 is 10.9 Å². The van der Waals surface area contributed by atoms with Gasteiger partial charge in [0.15, 0.2) is 0 Å². The summed E-state index contributed by atoms with van der Waals surface area (Å²) < 4.78 is 5.29. The Morgan fingerprint density at radius 3 is 2.48 bits per heavy atom. The quantitative estimate of drug-likeness (QED) is 0.556. The van der Waals surface area contributed by atoms with Gasteiger partial charge in [0.25, 0.3) is 5.56 Å². The highest BCUT2D eigenvalue weighted by atomic mass is 16.5. The third-order valence-electron chi connectivity index (χ3n) is 4.81. The van der Waals surface area contributed by atoms with Gasteiger partial charge in [0.1, 0.15) is 11.6 Å². The second-order valence-electron chi connectivity index (χ2n) is 7.32. The number of aromatic amines is 1. The monoisotopic (exact) mass is 385 g/mol. The van der Waals surface area contributed by atoms with E-state index in [9.17, 15) is 4.79 Å². The fourth-order valence-corrected chi connectivity index (χ4v) is 3.44. The number of aromatic nitrogens is 2. The van der Waals surface area contributed by atoms with Crippen molar-refractivity contribution in [2.75, 3.05) is 21.2 Å². The largest absolute Gasteiger partial charge is 0.497 e. The number of nitrogens with zero attached hydrogens (tertiary/aromatic N) is 2. The van der Waals surface area contributed by atoms with E-state index in [0.717, 1.165) is 29.0 Å². The van der Waals surface area contributed by atoms with Crippen LogP contribution >= 0.6 is 0 Å². The molecule has 146 valence electrons. The number of hydrogen-bond donors (Lipinski definition) is 1. The van der Waals surface area contributed by atoms with Crippen molar-refractivity contribution in [3.63, 3.8) is 0 Å². The molecule has 0 atom stereocenters. The van der Waals surface area contributed by atoms with Crippen LogP contribution < -0.4 is 10.3 Å². The zero-order valence-electron chi connectivity index (χ0n) is 16.8. The maximum Gasteiger partial charge on any atom is 0.259 e. The van der Waals surface area contributed by atoms with E-state index < -0.39 is 0 Å². The molecule has 4 rings (SSSR count). The van der Waals surface area contributed by atoms with Crippen molar-refractivity contribution < 1.29 is 4.74 Å². The van der Waals surface area contributed by atoms with Crippen LogP contribution in [0.4, 0.5) is 0 Å². The minimum absolute atomic E-state index is 0.152. The first-order valence-corrected chi connectivity index (χ1v) is 9.46. The predicted molar refractivity (Wildman–Crippen MR) is 117 cm³/mol. The van der Waals surface area contributed by atoms with E-state index in [-0.39, 0.29) is 5.56 Å². The standard InChI is InChI=1S/C24H23N3O2/c1-27(2)15-16-6-4-7-17(12-16)18-10-11-21-22(14-18)25-23(26-24(21)28)19-8-5-9-20(13-19)29-3/h4-14H,15H2,1-3H3,(H,25,26,28). The fraction of sp³-hybridized carbons (Fsp3) is 0.167. The van der Waals surface area contributed by atoms with E-state index in [1.807, 2.05) is 42.5 Å². The number of rotatable bonds is 5. The molecule has 29 heavy (non-hydrogen) atoms. The number of nitrogens with one attached hydrogen (secondary N) is 1. The van der Waals surface area contributed by atoms with Gasteiger partial charge in [-0.05, 0) is 61.1 Å². The van der Waals surface area contributed by atoms with Gasteiger partial charge in [-0.1, -0.05) is 36.4 Å². The van der Waals surface area contributed by atoms with Crippen LogP contribution in [-0.4, -0.2) is 36.1 Å². The molecule has 0 unspecified atom stereocenters. The molecule has 0 aliphatic heterocycles. The van der Waals surface area contributed by atoms with Crippen LogP contribution in [0.1, 0.15) is 5.56 Å². The van der Waals surface area contributed by atoms with Crippen molar-refractivity contribution in [1.82, 2.24) is 14.9 Å². The first-order chi connectivity index (χ1) is 14.0. The fourth-order valence-electron chi connectivity index (χ4n) is 3.44. The van der Waals surface area contributed by atoms with Crippen molar-refractivity contribution in [2.45, 2.75) is 6.54 Å². The highest BCUT2D eigenvalue weighted by Crippen LogP contribution is 2.26. The van der Waals surface area contributed by atoms with Crippen LogP contribution in [0.5, 0.6) is 5.75 Å². The second-order valence-corrected chi connectivity index (χ2v) is 7.32. The first-order valence-electron chi connectivity index (χ1n) is 9.46. The van der Waals surface area contributed by atoms with Gasteiger partial charge < -0.3 is 14.6 Å². The average Bonchev–Trinajstić information content (AvgIpc) is 2.73. The van der Waals surface area contributed by atoms with Crippen LogP contribution in [0, 0.1) is 0 Å². The molecule has 1 heterocycles. The maximum atomic E-state index is 12.6. The topological polar surface area (TPSA) is 58.2 Å². The molecule has 0 aliphatic carbocycles. The van der Waals surface area contributed by atoms with Gasteiger partial charge in [-0.15, -0.1) is 0 Å². The highest BCUT2D eigenvalue weighted by Gasteiger charge is 2.09. The zero-order chi connectivity index (χ0) is 20.4. The number of fused-ring (bicyclic) bond motifs is 1. The highest BCUT2D eigenvalue weighted by molar-refractivity contribution is 5.85. The molecule has 5 nitrogen and oxygen atoms in total. The third kappa shape index (κ3) is 4.05. The number of benzene rings is 3. The van der Waals surface area contributed by atoms with E-state index in [1.54, 1.807) is 7.11 Å². The minimum atomic E-state index is -0.152. The second kappa shape index (κ2) is 7.89. The van der Waals surface area contributed by atoms with Crippen LogP contribution in [0.25, 0.3) is 33.4 Å². The molecule has 0 fully saturated rings. The Balaban J connectivity index is 1.80. The lowest BCUT2D eigenvalue weighted by Gasteiger charge is -2.11. The lowest BCUT2D eigenvalue weighted by Crippen LogP contribution is -2.10. The Kier molecular flexibility index (Phi) is 5.14. The van der Waals surface area contributed by atoms with Crippen LogP contribution in [0.2, 0.25) is 0 Å². The van der Waals surface area contributed by atoms with Crippen LogP contribution in [0.3, 0.4) is 0 Å². The summed E-state index contributed by atoms with van der Waals surface area (Å²) in [6.45, 7) is 0.874. The van der Waals surface area contributed by atoms with Gasteiger partial charge in [0.05, 0.1) is 18.0 Å². The summed E-state index contributed by atoms with van der Waals surface area (Å²) in [5.41, 5.74) is 4.71. The molecule has 5 heteroatoms. The molecule has 0 amide bonds. The van der Waals surface area contributed by atoms with Gasteiger partial charge >= 0.3 is 0 Å². The summed E-state index contributed by atoms with van der Waals surface area (Å²) in [5, 5.41) is 0.574. The van der Waals surface area contributed by atoms with Crippen LogP contribution in [0.15, 0.2) is 71.5 Å². The summed E-state index contributed by atoms with van der Waals surface area (Å²) >= 11 is 0. The summed E-state index contributed by atoms with van der Waals surface area (Å²) in [6, 6.07) is 21.7. The van der Waals surface area contributed by atoms with Crippen molar-refractivity contribution in [1.29, 1.82) is 0 Å². The lowest BCUT2D eigenvalue weighted by atomic mass is 10.0. The van der Waals surface area contributed by atoms with E-state index in [1.165, 1.54) is 5.56 Å². The molecular weight excluding hydrogens is 362 g/mol. The molecule has 0 saturated carbocycles. The van der Waals surface area contributed by atoms with Gasteiger partial charge in [0, 0.05) is 12.1 Å². The molecule has 1 N–H and O–H groups in total. The Hall–Kier alpha value is -3.44. The van der Waals surface area contributed by atoms with Gasteiger partial charge in [-0.3, -0.25) is 4.79 Å². The first kappa shape index (κ1) is 18.9. The molecule has 0 aliphatic rings. The summed E-state index contributed by atoms with van der Waals surface area (Å²) in [5.74, 6) is 1.25. The van der Waals surface area contributed by atoms with Crippen molar-refractivity contribution in [3.05, 3.63) is 82.6 Å². The molecule has 0 saturated heterocycles. The summed E-state index contributed by atoms with van der Waals surface area (Å²) in [7, 11) is 5.73. The number of hydrogen-bond acceptors (Lipinski definition) is 4. The van der Waals surface area contributed by atoms with Crippen molar-refractivity contribution in [2.24, 2.45) is 0 Å². The van der Waals surface area contributed by atoms with E-state index in [2.05, 4.69) is 48.2 Å². The van der Waals surface area contributed by atoms with E-state index >= 15 is 0 Å². The molecular formula is C24H23N3O2. The van der Waals surface area contributed by atoms with Gasteiger partial charge in [-0.2, -0.15) is 0 Å². The van der Waals surface area contributed by atoms with Crippen LogP contribution in [-0.2, 0) is 6.54 Å². The number of H-pyrrole nitrogens is 1. The van der Waals surface area contributed by atoms with Gasteiger partial charge in [0.2, 0.25) is 0 Å². The number of ether oxygens (including phenoxy) is 1. The Bertz CT molecular complexity index is 1230. The van der Waals surface area contributed by atoms with E-state index in [0.29, 0.717) is 16.7 Å². The average molecular weight is 385 g/mol. The molecule has 3 aromatic carbocycles. The molecule has 0 spiro atoms. The normalized spacial score (nSPS) is 11.2. The van der Waals surface area contributed by atoms with Gasteiger partial charge in [-0.25, -0.2) is 4.98 Å². The smallest absolute Gasteiger partial charge is 0.259 e. The molecule has 0 bridgehead atoms. The third-order valence-corrected chi connectivity index (χ3v) is 4.81. The zero-order valence-corrected chi connectivity index (χ0v) is 16.8. The molecule has 1 aromatic heterocycles. The summed E-state index contributed by atoms with van der Waals surface area (Å²) in [6.07, 6.45) is 0. The van der Waals surface area contributed by atoms with Crippen molar-refractivity contribution in [3.8, 4) is 28.3 Å². The Morgan fingerprint density at radius 1 is 0.931 bits per heavy atom. The summed E-state index contributed by atoms with van der Waals surface area (Å²) in [4.78, 5) is 22.4.